The number of esters is 2. The lowest BCUT2D eigenvalue weighted by atomic mass is 10.0. The highest BCUT2D eigenvalue weighted by atomic mass is 16.6. The van der Waals surface area contributed by atoms with Crippen LogP contribution in [0, 0.1) is 0 Å². The normalized spacial score (nSPS) is 13.0. The summed E-state index contributed by atoms with van der Waals surface area (Å²) in [4.78, 5) is 24.7. The predicted molar refractivity (Wildman–Crippen MR) is 417 cm³/mol. The molecule has 0 aromatic heterocycles. The van der Waals surface area contributed by atoms with Crippen LogP contribution >= 0.6 is 0 Å². The van der Waals surface area contributed by atoms with E-state index in [0.717, 1.165) is 116 Å². The van der Waals surface area contributed by atoms with Gasteiger partial charge in [0.2, 0.25) is 0 Å². The second-order valence-corrected chi connectivity index (χ2v) is 26.7. The van der Waals surface area contributed by atoms with Crippen molar-refractivity contribution in [3.05, 3.63) is 146 Å². The third kappa shape index (κ3) is 80.2. The summed E-state index contributed by atoms with van der Waals surface area (Å²) >= 11 is 0. The van der Waals surface area contributed by atoms with Crippen LogP contribution in [0.5, 0.6) is 0 Å². The lowest BCUT2D eigenvalue weighted by Crippen LogP contribution is -2.28. The van der Waals surface area contributed by atoms with E-state index in [1.54, 1.807) is 0 Å². The van der Waals surface area contributed by atoms with Gasteiger partial charge in [-0.3, -0.25) is 9.59 Å². The summed E-state index contributed by atoms with van der Waals surface area (Å²) in [5.41, 5.74) is 0. The van der Waals surface area contributed by atoms with Gasteiger partial charge in [0.15, 0.2) is 6.10 Å². The Morgan fingerprint density at radius 2 is 0.426 bits per heavy atom. The summed E-state index contributed by atoms with van der Waals surface area (Å²) in [7, 11) is 0. The first-order valence-electron chi connectivity index (χ1n) is 40.4. The van der Waals surface area contributed by atoms with Crippen molar-refractivity contribution < 1.29 is 24.2 Å². The third-order valence-electron chi connectivity index (χ3n) is 17.6. The number of allylic oxidation sites excluding steroid dienone is 24. The second kappa shape index (κ2) is 83.0. The van der Waals surface area contributed by atoms with Gasteiger partial charge in [0.1, 0.15) is 6.61 Å². The Morgan fingerprint density at radius 1 is 0.245 bits per heavy atom. The number of unbranched alkanes of at least 4 members (excludes halogenated alkanes) is 42. The lowest BCUT2D eigenvalue weighted by molar-refractivity contribution is -0.161. The highest BCUT2D eigenvalue weighted by Gasteiger charge is 2.16. The van der Waals surface area contributed by atoms with Crippen LogP contribution in [0.3, 0.4) is 0 Å². The van der Waals surface area contributed by atoms with Crippen molar-refractivity contribution >= 4 is 11.9 Å². The summed E-state index contributed by atoms with van der Waals surface area (Å²) in [6.45, 7) is 3.95. The first-order chi connectivity index (χ1) is 46.6. The van der Waals surface area contributed by atoms with Gasteiger partial charge in [0, 0.05) is 12.8 Å². The molecule has 0 spiro atoms. The molecule has 5 nitrogen and oxygen atoms in total. The van der Waals surface area contributed by atoms with Gasteiger partial charge in [-0.1, -0.05) is 404 Å². The van der Waals surface area contributed by atoms with Crippen LogP contribution in [-0.2, 0) is 19.1 Å². The van der Waals surface area contributed by atoms with E-state index in [4.69, 9.17) is 9.47 Å². The van der Waals surface area contributed by atoms with Crippen molar-refractivity contribution in [3.63, 3.8) is 0 Å². The highest BCUT2D eigenvalue weighted by Crippen LogP contribution is 2.19. The summed E-state index contributed by atoms with van der Waals surface area (Å²) in [6, 6.07) is 0. The maximum atomic E-state index is 12.4. The molecule has 1 N–H and O–H groups in total. The Bertz CT molecular complexity index is 1920. The molecule has 0 rings (SSSR count). The summed E-state index contributed by atoms with van der Waals surface area (Å²) < 4.78 is 10.8. The molecule has 0 amide bonds. The first kappa shape index (κ1) is 89.8. The van der Waals surface area contributed by atoms with Crippen molar-refractivity contribution in [1.82, 2.24) is 0 Å². The number of aliphatic hydroxyl groups is 1. The second-order valence-electron chi connectivity index (χ2n) is 26.7. The van der Waals surface area contributed by atoms with Gasteiger partial charge in [-0.25, -0.2) is 0 Å². The molecular formula is C89H152O5. The van der Waals surface area contributed by atoms with Crippen LogP contribution in [0.2, 0.25) is 0 Å². The standard InChI is InChI=1S/C89H152O5/c1-3-5-7-9-11-13-15-17-19-21-23-25-27-29-31-33-35-37-39-41-43-44-46-48-50-52-54-56-58-60-62-64-66-68-70-72-74-76-78-80-82-84-89(92)94-87(85-90)86-93-88(91)83-81-79-77-75-73-71-69-67-65-63-61-59-57-55-53-51-49-47-45-42-40-38-36-34-32-30-28-26-24-22-20-18-16-14-12-10-8-6-4-2/h5-8,11-14,17-20,23-26,29-32,35-38,87,90H,3-4,9-10,15-16,21-22,27-28,33-34,39-86H2,1-2H3/b7-5-,8-6-,13-11-,14-12-,19-17-,20-18-,25-23-,26-24-,31-29-,32-30-,37-35-,38-36-. The van der Waals surface area contributed by atoms with E-state index in [1.165, 1.54) is 244 Å². The van der Waals surface area contributed by atoms with Crippen molar-refractivity contribution in [1.29, 1.82) is 0 Å². The van der Waals surface area contributed by atoms with Crippen molar-refractivity contribution in [3.8, 4) is 0 Å². The number of hydrogen-bond donors (Lipinski definition) is 1. The maximum absolute atomic E-state index is 12.4. The SMILES string of the molecule is CC/C=C\C/C=C\C/C=C\C/C=C\C/C=C\C/C=C\CCCCCCCCCCCCCCCCCCCCCCCCC(=O)OC(CO)COC(=O)CCCCCCCCCCCCCCCCCCCCCC/C=C\C/C=C\C/C=C\C/C=C\C/C=C\C/C=C\CC. The van der Waals surface area contributed by atoms with Crippen LogP contribution in [-0.4, -0.2) is 36.4 Å². The minimum absolute atomic E-state index is 0.0652. The van der Waals surface area contributed by atoms with Crippen molar-refractivity contribution in [2.45, 2.75) is 392 Å². The summed E-state index contributed by atoms with van der Waals surface area (Å²) in [5, 5.41) is 9.74. The van der Waals surface area contributed by atoms with E-state index in [2.05, 4.69) is 160 Å². The predicted octanol–water partition coefficient (Wildman–Crippen LogP) is 28.8. The number of hydrogen-bond acceptors (Lipinski definition) is 5. The van der Waals surface area contributed by atoms with E-state index in [1.807, 2.05) is 0 Å². The monoisotopic (exact) mass is 1300 g/mol. The van der Waals surface area contributed by atoms with Crippen molar-refractivity contribution in [2.24, 2.45) is 0 Å². The molecule has 1 atom stereocenters. The lowest BCUT2D eigenvalue weighted by Gasteiger charge is -2.15. The van der Waals surface area contributed by atoms with Gasteiger partial charge >= 0.3 is 11.9 Å². The van der Waals surface area contributed by atoms with Gasteiger partial charge in [-0.2, -0.15) is 0 Å². The Morgan fingerprint density at radius 3 is 0.638 bits per heavy atom. The largest absolute Gasteiger partial charge is 0.462 e. The molecule has 0 aromatic carbocycles. The molecule has 0 aliphatic heterocycles. The van der Waals surface area contributed by atoms with E-state index >= 15 is 0 Å². The molecule has 0 aromatic rings. The quantitative estimate of drug-likeness (QED) is 0.0373. The maximum Gasteiger partial charge on any atom is 0.306 e. The number of carbonyl (C=O) groups excluding carboxylic acids is 2. The number of rotatable bonds is 74. The van der Waals surface area contributed by atoms with E-state index in [0.29, 0.717) is 12.8 Å². The average Bonchev–Trinajstić information content (AvgIpc) is 3.77. The molecule has 5 heteroatoms. The Labute approximate surface area is 584 Å². The summed E-state index contributed by atoms with van der Waals surface area (Å²) in [5.74, 6) is -0.574. The van der Waals surface area contributed by atoms with Crippen LogP contribution in [0.25, 0.3) is 0 Å². The van der Waals surface area contributed by atoms with Crippen LogP contribution in [0.15, 0.2) is 146 Å². The molecule has 0 fully saturated rings. The van der Waals surface area contributed by atoms with E-state index < -0.39 is 6.10 Å². The Kier molecular flexibility index (Phi) is 79.3. The Hall–Kier alpha value is -4.22. The topological polar surface area (TPSA) is 72.8 Å². The minimum Gasteiger partial charge on any atom is -0.462 e. The molecule has 1 unspecified atom stereocenters. The van der Waals surface area contributed by atoms with E-state index in [9.17, 15) is 14.7 Å². The molecule has 0 aliphatic rings. The molecule has 0 aliphatic carbocycles. The molecule has 0 saturated heterocycles. The molecule has 0 radical (unpaired) electrons. The zero-order valence-corrected chi connectivity index (χ0v) is 61.9. The number of ether oxygens (including phenoxy) is 2. The Balaban J connectivity index is 3.42. The molecule has 0 bridgehead atoms. The van der Waals surface area contributed by atoms with Gasteiger partial charge in [-0.05, 0) is 116 Å². The molecule has 0 saturated carbocycles. The number of carbonyl (C=O) groups is 2. The fourth-order valence-corrected chi connectivity index (χ4v) is 11.7. The third-order valence-corrected chi connectivity index (χ3v) is 17.6. The first-order valence-corrected chi connectivity index (χ1v) is 40.4. The summed E-state index contributed by atoms with van der Waals surface area (Å²) in [6.07, 6.45) is 125. The fourth-order valence-electron chi connectivity index (χ4n) is 11.7. The zero-order valence-electron chi connectivity index (χ0n) is 61.9. The van der Waals surface area contributed by atoms with Gasteiger partial charge in [0.25, 0.3) is 0 Å². The zero-order chi connectivity index (χ0) is 67.5. The van der Waals surface area contributed by atoms with Crippen LogP contribution in [0.1, 0.15) is 386 Å². The van der Waals surface area contributed by atoms with Gasteiger partial charge in [-0.15, -0.1) is 0 Å². The van der Waals surface area contributed by atoms with Crippen LogP contribution in [0.4, 0.5) is 0 Å². The minimum atomic E-state index is -0.777. The average molecular weight is 1300 g/mol. The number of aliphatic hydroxyl groups excluding tert-OH is 1. The van der Waals surface area contributed by atoms with Gasteiger partial charge in [0.05, 0.1) is 6.61 Å². The molecule has 0 heterocycles. The smallest absolute Gasteiger partial charge is 0.306 e. The fraction of sp³-hybridized carbons (Fsp3) is 0.708. The van der Waals surface area contributed by atoms with Crippen LogP contribution < -0.4 is 0 Å². The molecule has 538 valence electrons. The van der Waals surface area contributed by atoms with E-state index in [-0.39, 0.29) is 25.2 Å². The molecular weight excluding hydrogens is 1150 g/mol. The highest BCUT2D eigenvalue weighted by molar-refractivity contribution is 5.70. The molecule has 94 heavy (non-hydrogen) atoms. The van der Waals surface area contributed by atoms with Crippen molar-refractivity contribution in [2.75, 3.05) is 13.2 Å². The van der Waals surface area contributed by atoms with Gasteiger partial charge < -0.3 is 14.6 Å².